The molecule has 0 radical (unpaired) electrons. The van der Waals surface area contributed by atoms with Crippen LogP contribution in [0.1, 0.15) is 42.9 Å². The van der Waals surface area contributed by atoms with Gasteiger partial charge in [0.25, 0.3) is 0 Å². The fourth-order valence-electron chi connectivity index (χ4n) is 3.42. The number of halogens is 2. The third kappa shape index (κ3) is 3.23. The molecule has 0 aromatic heterocycles. The summed E-state index contributed by atoms with van der Waals surface area (Å²) in [5, 5.41) is 0. The first-order chi connectivity index (χ1) is 12.2. The summed E-state index contributed by atoms with van der Waals surface area (Å²) in [6.07, 6.45) is 4.73. The van der Waals surface area contributed by atoms with E-state index in [9.17, 15) is 8.78 Å². The molecule has 0 N–H and O–H groups in total. The first kappa shape index (κ1) is 16.1. The Morgan fingerprint density at radius 1 is 0.960 bits per heavy atom. The number of para-hydroxylation sites is 1. The van der Waals surface area contributed by atoms with Crippen molar-refractivity contribution in [3.05, 3.63) is 65.2 Å². The number of nitrogens with zero attached hydrogens (tertiary/aromatic N) is 1. The van der Waals surface area contributed by atoms with Gasteiger partial charge in [-0.05, 0) is 43.9 Å². The molecule has 0 amide bonds. The third-order valence-electron chi connectivity index (χ3n) is 4.70. The van der Waals surface area contributed by atoms with Crippen molar-refractivity contribution in [2.24, 2.45) is 4.99 Å². The molecule has 0 bridgehead atoms. The second-order valence-corrected chi connectivity index (χ2v) is 6.42. The molecule has 25 heavy (non-hydrogen) atoms. The minimum atomic E-state index is -0.671. The lowest BCUT2D eigenvalue weighted by Gasteiger charge is -2.17. The molecule has 130 valence electrons. The third-order valence-corrected chi connectivity index (χ3v) is 4.70. The summed E-state index contributed by atoms with van der Waals surface area (Å²) in [4.78, 5) is 4.42. The second kappa shape index (κ2) is 6.82. The van der Waals surface area contributed by atoms with Crippen LogP contribution in [0.15, 0.2) is 47.5 Å². The lowest BCUT2D eigenvalue weighted by Crippen LogP contribution is -2.13. The van der Waals surface area contributed by atoms with Crippen LogP contribution in [0, 0.1) is 11.6 Å². The van der Waals surface area contributed by atoms with Crippen LogP contribution in [-0.4, -0.2) is 18.6 Å². The van der Waals surface area contributed by atoms with Gasteiger partial charge in [0.05, 0.1) is 6.10 Å². The van der Waals surface area contributed by atoms with E-state index in [0.717, 1.165) is 24.2 Å². The lowest BCUT2D eigenvalue weighted by molar-refractivity contribution is 0.205. The molecular formula is C20H19F2NO2. The molecule has 1 atom stereocenters. The molecule has 0 spiro atoms. The van der Waals surface area contributed by atoms with Gasteiger partial charge in [0.15, 0.2) is 0 Å². The van der Waals surface area contributed by atoms with Gasteiger partial charge in [-0.1, -0.05) is 24.3 Å². The monoisotopic (exact) mass is 343 g/mol. The zero-order chi connectivity index (χ0) is 17.2. The Balaban J connectivity index is 1.62. The number of rotatable bonds is 4. The molecule has 2 aromatic carbocycles. The van der Waals surface area contributed by atoms with Gasteiger partial charge in [-0.3, -0.25) is 0 Å². The fraction of sp³-hybridized carbons (Fsp3) is 0.350. The number of aliphatic imine (C=N–C) groups is 1. The summed E-state index contributed by atoms with van der Waals surface area (Å²) in [6, 6.07) is 11.1. The van der Waals surface area contributed by atoms with Crippen LogP contribution in [0.25, 0.3) is 0 Å². The van der Waals surface area contributed by atoms with Crippen molar-refractivity contribution in [2.75, 3.05) is 6.61 Å². The molecule has 3 nitrogen and oxygen atoms in total. The summed E-state index contributed by atoms with van der Waals surface area (Å²) >= 11 is 0. The van der Waals surface area contributed by atoms with Crippen LogP contribution in [-0.2, 0) is 4.74 Å². The summed E-state index contributed by atoms with van der Waals surface area (Å²) in [7, 11) is 0. The van der Waals surface area contributed by atoms with Crippen molar-refractivity contribution in [2.45, 2.75) is 37.8 Å². The average Bonchev–Trinajstić information content (AvgIpc) is 3.27. The number of benzene rings is 2. The van der Waals surface area contributed by atoms with E-state index < -0.39 is 11.6 Å². The molecule has 5 heteroatoms. The maximum absolute atomic E-state index is 14.0. The van der Waals surface area contributed by atoms with Gasteiger partial charge in [-0.15, -0.1) is 0 Å². The van der Waals surface area contributed by atoms with E-state index in [-0.39, 0.29) is 30.2 Å². The van der Waals surface area contributed by atoms with Crippen LogP contribution >= 0.6 is 0 Å². The molecular weight excluding hydrogens is 324 g/mol. The Hall–Kier alpha value is -2.43. The summed E-state index contributed by atoms with van der Waals surface area (Å²) < 4.78 is 39.6. The van der Waals surface area contributed by atoms with Gasteiger partial charge in [-0.2, -0.15) is 0 Å². The zero-order valence-corrected chi connectivity index (χ0v) is 13.8. The average molecular weight is 343 g/mol. The molecule has 0 saturated heterocycles. The van der Waals surface area contributed by atoms with E-state index in [4.69, 9.17) is 9.47 Å². The lowest BCUT2D eigenvalue weighted by atomic mass is 10.1. The SMILES string of the molecule is Fc1cccc(F)c1C1=NC(c2ccccc2OC2CCCC2)CO1. The zero-order valence-electron chi connectivity index (χ0n) is 13.8. The Kier molecular flexibility index (Phi) is 4.38. The maximum Gasteiger partial charge on any atom is 0.222 e. The highest BCUT2D eigenvalue weighted by molar-refractivity contribution is 5.95. The van der Waals surface area contributed by atoms with Crippen LogP contribution in [0.3, 0.4) is 0 Å². The largest absolute Gasteiger partial charge is 0.490 e. The van der Waals surface area contributed by atoms with E-state index in [2.05, 4.69) is 4.99 Å². The Morgan fingerprint density at radius 3 is 2.44 bits per heavy atom. The van der Waals surface area contributed by atoms with Crippen molar-refractivity contribution < 1.29 is 18.3 Å². The van der Waals surface area contributed by atoms with Crippen molar-refractivity contribution in [3.63, 3.8) is 0 Å². The minimum Gasteiger partial charge on any atom is -0.490 e. The summed E-state index contributed by atoms with van der Waals surface area (Å²) in [5.41, 5.74) is 0.681. The van der Waals surface area contributed by atoms with Gasteiger partial charge in [-0.25, -0.2) is 13.8 Å². The molecule has 1 heterocycles. The quantitative estimate of drug-likeness (QED) is 0.798. The molecule has 1 saturated carbocycles. The number of hydrogen-bond donors (Lipinski definition) is 0. The van der Waals surface area contributed by atoms with Crippen LogP contribution < -0.4 is 4.74 Å². The second-order valence-electron chi connectivity index (χ2n) is 6.42. The number of ether oxygens (including phenoxy) is 2. The molecule has 1 fully saturated rings. The normalized spacial score (nSPS) is 20.4. The summed E-state index contributed by atoms with van der Waals surface area (Å²) in [5.74, 6) is -0.553. The van der Waals surface area contributed by atoms with E-state index >= 15 is 0 Å². The van der Waals surface area contributed by atoms with Crippen molar-refractivity contribution in [1.29, 1.82) is 0 Å². The van der Waals surface area contributed by atoms with Crippen LogP contribution in [0.5, 0.6) is 5.75 Å². The van der Waals surface area contributed by atoms with Gasteiger partial charge in [0.1, 0.15) is 35.6 Å². The van der Waals surface area contributed by atoms with Crippen molar-refractivity contribution in [3.8, 4) is 5.75 Å². The minimum absolute atomic E-state index is 0.0104. The number of hydrogen-bond acceptors (Lipinski definition) is 3. The predicted molar refractivity (Wildman–Crippen MR) is 90.9 cm³/mol. The van der Waals surface area contributed by atoms with Gasteiger partial charge in [0, 0.05) is 5.56 Å². The van der Waals surface area contributed by atoms with Crippen LogP contribution in [0.2, 0.25) is 0 Å². The summed E-state index contributed by atoms with van der Waals surface area (Å²) in [6.45, 7) is 0.244. The van der Waals surface area contributed by atoms with Gasteiger partial charge >= 0.3 is 0 Å². The molecule has 1 aliphatic carbocycles. The van der Waals surface area contributed by atoms with Crippen LogP contribution in [0.4, 0.5) is 8.78 Å². The molecule has 2 aromatic rings. The highest BCUT2D eigenvalue weighted by Gasteiger charge is 2.28. The molecule has 1 aliphatic heterocycles. The van der Waals surface area contributed by atoms with Crippen molar-refractivity contribution in [1.82, 2.24) is 0 Å². The van der Waals surface area contributed by atoms with Gasteiger partial charge in [0.2, 0.25) is 5.90 Å². The first-order valence-corrected chi connectivity index (χ1v) is 8.63. The molecule has 1 unspecified atom stereocenters. The van der Waals surface area contributed by atoms with Gasteiger partial charge < -0.3 is 9.47 Å². The van der Waals surface area contributed by atoms with Crippen molar-refractivity contribution >= 4 is 5.90 Å². The molecule has 2 aliphatic rings. The highest BCUT2D eigenvalue weighted by Crippen LogP contribution is 2.34. The smallest absolute Gasteiger partial charge is 0.222 e. The predicted octanol–water partition coefficient (Wildman–Crippen LogP) is 4.80. The fourth-order valence-corrected chi connectivity index (χ4v) is 3.42. The van der Waals surface area contributed by atoms with E-state index in [0.29, 0.717) is 0 Å². The van der Waals surface area contributed by atoms with E-state index in [1.54, 1.807) is 0 Å². The first-order valence-electron chi connectivity index (χ1n) is 8.63. The highest BCUT2D eigenvalue weighted by atomic mass is 19.1. The maximum atomic E-state index is 14.0. The topological polar surface area (TPSA) is 30.8 Å². The molecule has 4 rings (SSSR count). The van der Waals surface area contributed by atoms with E-state index in [1.165, 1.54) is 31.0 Å². The van der Waals surface area contributed by atoms with E-state index in [1.807, 2.05) is 24.3 Å². The standard InChI is InChI=1S/C20H19F2NO2/c21-15-9-5-10-16(22)19(15)20-23-17(12-24-20)14-8-3-4-11-18(14)25-13-6-1-2-7-13/h3-5,8-11,13,17H,1-2,6-7,12H2. The Labute approximate surface area is 145 Å². The Morgan fingerprint density at radius 2 is 1.68 bits per heavy atom. The Bertz CT molecular complexity index is 780.